The molecule has 0 aliphatic heterocycles. The monoisotopic (exact) mass is 279 g/mol. The Morgan fingerprint density at radius 1 is 1.20 bits per heavy atom. The van der Waals surface area contributed by atoms with Crippen LogP contribution in [0.25, 0.3) is 0 Å². The summed E-state index contributed by atoms with van der Waals surface area (Å²) in [5, 5.41) is 3.14. The van der Waals surface area contributed by atoms with Crippen molar-refractivity contribution in [1.29, 1.82) is 0 Å². The molecule has 0 aliphatic rings. The number of ether oxygens (including phenoxy) is 2. The molecule has 1 N–H and O–H groups in total. The number of methoxy groups -OCH3 is 1. The smallest absolute Gasteiger partial charge is 0.161 e. The lowest BCUT2D eigenvalue weighted by Gasteiger charge is -2.17. The number of benzene rings is 1. The Balaban J connectivity index is 2.61. The molecule has 1 aromatic carbocycles. The van der Waals surface area contributed by atoms with E-state index in [0.29, 0.717) is 5.92 Å². The van der Waals surface area contributed by atoms with Gasteiger partial charge in [0.1, 0.15) is 0 Å². The molecular formula is C17H29NO2. The summed E-state index contributed by atoms with van der Waals surface area (Å²) < 4.78 is 11.4. The molecule has 0 saturated carbocycles. The molecule has 20 heavy (non-hydrogen) atoms. The van der Waals surface area contributed by atoms with Crippen molar-refractivity contribution in [2.75, 3.05) is 20.8 Å². The van der Waals surface area contributed by atoms with Crippen LogP contribution in [-0.2, 0) is 6.54 Å². The van der Waals surface area contributed by atoms with Gasteiger partial charge in [-0.1, -0.05) is 39.2 Å². The molecule has 114 valence electrons. The second-order valence-electron chi connectivity index (χ2n) is 5.24. The van der Waals surface area contributed by atoms with Crippen LogP contribution in [0.4, 0.5) is 0 Å². The summed E-state index contributed by atoms with van der Waals surface area (Å²) in [6.45, 7) is 6.08. The minimum absolute atomic E-state index is 0.636. The Kier molecular flexibility index (Phi) is 8.12. The van der Waals surface area contributed by atoms with Gasteiger partial charge in [-0.05, 0) is 37.1 Å². The SMILES string of the molecule is CCCCC(CC)COc1ccc(CNC)cc1OC. The van der Waals surface area contributed by atoms with Gasteiger partial charge >= 0.3 is 0 Å². The van der Waals surface area contributed by atoms with Gasteiger partial charge < -0.3 is 14.8 Å². The Labute approximate surface area is 123 Å². The van der Waals surface area contributed by atoms with Crippen molar-refractivity contribution in [3.8, 4) is 11.5 Å². The lowest BCUT2D eigenvalue weighted by Crippen LogP contribution is -2.12. The van der Waals surface area contributed by atoms with Crippen LogP contribution >= 0.6 is 0 Å². The first kappa shape index (κ1) is 16.8. The predicted octanol–water partition coefficient (Wildman–Crippen LogP) is 4.01. The van der Waals surface area contributed by atoms with Crippen LogP contribution in [0.5, 0.6) is 11.5 Å². The molecule has 0 aliphatic carbocycles. The first-order chi connectivity index (χ1) is 9.74. The minimum atomic E-state index is 0.636. The third kappa shape index (κ3) is 5.41. The minimum Gasteiger partial charge on any atom is -0.493 e. The fourth-order valence-corrected chi connectivity index (χ4v) is 2.25. The summed E-state index contributed by atoms with van der Waals surface area (Å²) >= 11 is 0. The van der Waals surface area contributed by atoms with E-state index >= 15 is 0 Å². The maximum Gasteiger partial charge on any atom is 0.161 e. The van der Waals surface area contributed by atoms with Crippen LogP contribution in [0.15, 0.2) is 18.2 Å². The van der Waals surface area contributed by atoms with E-state index < -0.39 is 0 Å². The summed E-state index contributed by atoms with van der Waals surface area (Å²) in [4.78, 5) is 0. The average molecular weight is 279 g/mol. The number of hydrogen-bond acceptors (Lipinski definition) is 3. The van der Waals surface area contributed by atoms with Crippen LogP contribution in [0.1, 0.15) is 45.1 Å². The van der Waals surface area contributed by atoms with Crippen molar-refractivity contribution >= 4 is 0 Å². The largest absolute Gasteiger partial charge is 0.493 e. The number of rotatable bonds is 10. The summed E-state index contributed by atoms with van der Waals surface area (Å²) in [7, 11) is 3.64. The lowest BCUT2D eigenvalue weighted by atomic mass is 10.0. The van der Waals surface area contributed by atoms with E-state index in [-0.39, 0.29) is 0 Å². The van der Waals surface area contributed by atoms with E-state index in [1.165, 1.54) is 31.2 Å². The standard InChI is InChI=1S/C17H29NO2/c1-5-7-8-14(6-2)13-20-16-10-9-15(12-18-3)11-17(16)19-4/h9-11,14,18H,5-8,12-13H2,1-4H3. The molecule has 0 radical (unpaired) electrons. The molecule has 3 nitrogen and oxygen atoms in total. The van der Waals surface area contributed by atoms with E-state index in [1.54, 1.807) is 7.11 Å². The molecule has 0 amide bonds. The van der Waals surface area contributed by atoms with E-state index in [9.17, 15) is 0 Å². The van der Waals surface area contributed by atoms with Crippen LogP contribution in [0.3, 0.4) is 0 Å². The molecule has 1 aromatic rings. The van der Waals surface area contributed by atoms with Crippen molar-refractivity contribution in [1.82, 2.24) is 5.32 Å². The number of unbranched alkanes of at least 4 members (excludes halogenated alkanes) is 1. The molecule has 0 aromatic heterocycles. The van der Waals surface area contributed by atoms with Crippen LogP contribution < -0.4 is 14.8 Å². The lowest BCUT2D eigenvalue weighted by molar-refractivity contribution is 0.224. The van der Waals surface area contributed by atoms with Gasteiger partial charge in [-0.25, -0.2) is 0 Å². The van der Waals surface area contributed by atoms with E-state index in [2.05, 4.69) is 25.2 Å². The molecule has 1 rings (SSSR count). The molecule has 0 heterocycles. The second-order valence-corrected chi connectivity index (χ2v) is 5.24. The zero-order valence-electron chi connectivity index (χ0n) is 13.4. The van der Waals surface area contributed by atoms with Crippen molar-refractivity contribution in [3.63, 3.8) is 0 Å². The van der Waals surface area contributed by atoms with Gasteiger partial charge in [0.15, 0.2) is 11.5 Å². The average Bonchev–Trinajstić information content (AvgIpc) is 2.48. The molecule has 0 saturated heterocycles. The Morgan fingerprint density at radius 2 is 2.00 bits per heavy atom. The van der Waals surface area contributed by atoms with E-state index in [1.807, 2.05) is 19.2 Å². The van der Waals surface area contributed by atoms with Gasteiger partial charge in [0.05, 0.1) is 13.7 Å². The highest BCUT2D eigenvalue weighted by molar-refractivity contribution is 5.42. The fraction of sp³-hybridized carbons (Fsp3) is 0.647. The molecule has 1 unspecified atom stereocenters. The topological polar surface area (TPSA) is 30.5 Å². The van der Waals surface area contributed by atoms with E-state index in [0.717, 1.165) is 24.7 Å². The third-order valence-corrected chi connectivity index (χ3v) is 3.63. The van der Waals surface area contributed by atoms with Gasteiger partial charge in [0.2, 0.25) is 0 Å². The Bertz CT molecular complexity index is 379. The van der Waals surface area contributed by atoms with Gasteiger partial charge in [-0.15, -0.1) is 0 Å². The highest BCUT2D eigenvalue weighted by Crippen LogP contribution is 2.29. The molecule has 0 fully saturated rings. The fourth-order valence-electron chi connectivity index (χ4n) is 2.25. The van der Waals surface area contributed by atoms with Gasteiger partial charge in [0.25, 0.3) is 0 Å². The Hall–Kier alpha value is -1.22. The normalized spacial score (nSPS) is 12.2. The zero-order valence-corrected chi connectivity index (χ0v) is 13.4. The molecular weight excluding hydrogens is 250 g/mol. The van der Waals surface area contributed by atoms with Crippen LogP contribution in [0.2, 0.25) is 0 Å². The van der Waals surface area contributed by atoms with Crippen LogP contribution in [0, 0.1) is 5.92 Å². The first-order valence-electron chi connectivity index (χ1n) is 7.69. The maximum absolute atomic E-state index is 5.97. The van der Waals surface area contributed by atoms with Crippen molar-refractivity contribution in [3.05, 3.63) is 23.8 Å². The summed E-state index contributed by atoms with van der Waals surface area (Å²) in [5.74, 6) is 2.31. The zero-order chi connectivity index (χ0) is 14.8. The first-order valence-corrected chi connectivity index (χ1v) is 7.69. The van der Waals surface area contributed by atoms with Crippen molar-refractivity contribution < 1.29 is 9.47 Å². The van der Waals surface area contributed by atoms with Gasteiger partial charge in [-0.2, -0.15) is 0 Å². The van der Waals surface area contributed by atoms with E-state index in [4.69, 9.17) is 9.47 Å². The molecule has 0 spiro atoms. The summed E-state index contributed by atoms with van der Waals surface area (Å²) in [6, 6.07) is 6.14. The van der Waals surface area contributed by atoms with Crippen LogP contribution in [-0.4, -0.2) is 20.8 Å². The highest BCUT2D eigenvalue weighted by Gasteiger charge is 2.10. The molecule has 1 atom stereocenters. The summed E-state index contributed by atoms with van der Waals surface area (Å²) in [5.41, 5.74) is 1.20. The number of hydrogen-bond donors (Lipinski definition) is 1. The van der Waals surface area contributed by atoms with Gasteiger partial charge in [-0.3, -0.25) is 0 Å². The van der Waals surface area contributed by atoms with Crippen molar-refractivity contribution in [2.45, 2.75) is 46.1 Å². The molecule has 0 bridgehead atoms. The highest BCUT2D eigenvalue weighted by atomic mass is 16.5. The quantitative estimate of drug-likeness (QED) is 0.702. The second kappa shape index (κ2) is 9.65. The molecule has 3 heteroatoms. The van der Waals surface area contributed by atoms with Crippen molar-refractivity contribution in [2.24, 2.45) is 5.92 Å². The third-order valence-electron chi connectivity index (χ3n) is 3.63. The van der Waals surface area contributed by atoms with Gasteiger partial charge in [0, 0.05) is 6.54 Å². The number of nitrogens with one attached hydrogen (secondary N) is 1. The summed E-state index contributed by atoms with van der Waals surface area (Å²) in [6.07, 6.45) is 4.94. The Morgan fingerprint density at radius 3 is 2.60 bits per heavy atom. The predicted molar refractivity (Wildman–Crippen MR) is 84.6 cm³/mol. The maximum atomic E-state index is 5.97.